The van der Waals surface area contributed by atoms with Crippen LogP contribution in [0.3, 0.4) is 0 Å². The Morgan fingerprint density at radius 3 is 2.80 bits per heavy atom. The summed E-state index contributed by atoms with van der Waals surface area (Å²) in [7, 11) is 0. The van der Waals surface area contributed by atoms with E-state index < -0.39 is 0 Å². The average Bonchev–Trinajstić information content (AvgIpc) is 3.05. The van der Waals surface area contributed by atoms with Gasteiger partial charge in [0, 0.05) is 17.6 Å². The molecule has 0 aromatic carbocycles. The molecule has 0 saturated carbocycles. The third kappa shape index (κ3) is 1.37. The lowest BCUT2D eigenvalue weighted by Gasteiger charge is -1.96. The molecule has 20 heavy (non-hydrogen) atoms. The van der Waals surface area contributed by atoms with Gasteiger partial charge in [0.05, 0.1) is 0 Å². The standard InChI is InChI=1S/C13H9N7/c1-7-6-16-10-9(7)17-13(14)20-12(10)18-11(19-20)8-4-2-3-5-15-8/h2-6H,1H2,(H2,14,17). The molecule has 4 rings (SSSR count). The van der Waals surface area contributed by atoms with E-state index in [1.54, 1.807) is 12.4 Å². The minimum absolute atomic E-state index is 0.250. The Morgan fingerprint density at radius 2 is 2.00 bits per heavy atom. The van der Waals surface area contributed by atoms with E-state index in [1.165, 1.54) is 4.52 Å². The number of nitrogen functional groups attached to an aromatic ring is 1. The molecule has 0 amide bonds. The minimum Gasteiger partial charge on any atom is -0.368 e. The van der Waals surface area contributed by atoms with E-state index in [1.807, 2.05) is 18.2 Å². The maximum atomic E-state index is 5.92. The van der Waals surface area contributed by atoms with Gasteiger partial charge in [0.25, 0.3) is 0 Å². The van der Waals surface area contributed by atoms with Gasteiger partial charge in [-0.15, -0.1) is 5.10 Å². The first-order chi connectivity index (χ1) is 9.74. The number of hydrogen-bond donors (Lipinski definition) is 1. The van der Waals surface area contributed by atoms with E-state index in [9.17, 15) is 0 Å². The van der Waals surface area contributed by atoms with Crippen molar-refractivity contribution >= 4 is 29.2 Å². The van der Waals surface area contributed by atoms with Crippen LogP contribution in [0.4, 0.5) is 5.95 Å². The highest BCUT2D eigenvalue weighted by Crippen LogP contribution is 2.19. The Kier molecular flexibility index (Phi) is 2.00. The molecule has 2 N–H and O–H groups in total. The largest absolute Gasteiger partial charge is 0.368 e. The summed E-state index contributed by atoms with van der Waals surface area (Å²) in [5.41, 5.74) is 8.43. The first-order valence-corrected chi connectivity index (χ1v) is 5.95. The maximum Gasteiger partial charge on any atom is 0.223 e. The lowest BCUT2D eigenvalue weighted by molar-refractivity contribution is 0.951. The number of pyridine rings is 1. The average molecular weight is 263 g/mol. The molecule has 7 heteroatoms. The fraction of sp³-hybridized carbons (Fsp3) is 0. The molecule has 0 atom stereocenters. The molecule has 0 spiro atoms. The van der Waals surface area contributed by atoms with Crippen molar-refractivity contribution in [3.8, 4) is 11.5 Å². The van der Waals surface area contributed by atoms with Crippen molar-refractivity contribution in [3.05, 3.63) is 35.8 Å². The van der Waals surface area contributed by atoms with Gasteiger partial charge in [-0.1, -0.05) is 12.6 Å². The summed E-state index contributed by atoms with van der Waals surface area (Å²) in [5, 5.41) is 5.06. The second kappa shape index (κ2) is 3.70. The monoisotopic (exact) mass is 263 g/mol. The molecular weight excluding hydrogens is 254 g/mol. The number of anilines is 1. The number of nitrogens with two attached hydrogens (primary N) is 1. The van der Waals surface area contributed by atoms with Crippen molar-refractivity contribution in [1.82, 2.24) is 29.5 Å². The molecule has 0 bridgehead atoms. The topological polar surface area (TPSA) is 94.9 Å². The predicted molar refractivity (Wildman–Crippen MR) is 74.5 cm³/mol. The molecule has 0 aliphatic rings. The van der Waals surface area contributed by atoms with Crippen LogP contribution in [-0.2, 0) is 0 Å². The summed E-state index contributed by atoms with van der Waals surface area (Å²) in [6.07, 6.45) is 3.33. The van der Waals surface area contributed by atoms with E-state index in [-0.39, 0.29) is 5.95 Å². The molecule has 0 fully saturated rings. The Bertz CT molecular complexity index is 974. The Balaban J connectivity index is 2.11. The summed E-state index contributed by atoms with van der Waals surface area (Å²) in [6, 6.07) is 5.54. The smallest absolute Gasteiger partial charge is 0.223 e. The van der Waals surface area contributed by atoms with E-state index in [2.05, 4.69) is 31.6 Å². The van der Waals surface area contributed by atoms with Crippen molar-refractivity contribution in [2.45, 2.75) is 0 Å². The summed E-state index contributed by atoms with van der Waals surface area (Å²) < 4.78 is 1.47. The zero-order chi connectivity index (χ0) is 13.7. The van der Waals surface area contributed by atoms with Crippen LogP contribution in [0.1, 0.15) is 0 Å². The molecule has 4 heterocycles. The van der Waals surface area contributed by atoms with Crippen molar-refractivity contribution < 1.29 is 0 Å². The van der Waals surface area contributed by atoms with Crippen molar-refractivity contribution in [2.24, 2.45) is 0 Å². The second-order valence-electron chi connectivity index (χ2n) is 4.34. The highest BCUT2D eigenvalue weighted by Gasteiger charge is 2.15. The first kappa shape index (κ1) is 10.8. The van der Waals surface area contributed by atoms with Gasteiger partial charge in [0.2, 0.25) is 11.8 Å². The summed E-state index contributed by atoms with van der Waals surface area (Å²) in [4.78, 5) is 17.2. The summed E-state index contributed by atoms with van der Waals surface area (Å²) >= 11 is 0. The third-order valence-electron chi connectivity index (χ3n) is 3.03. The van der Waals surface area contributed by atoms with E-state index in [0.29, 0.717) is 28.2 Å². The molecule has 0 unspecified atom stereocenters. The van der Waals surface area contributed by atoms with Gasteiger partial charge in [0.15, 0.2) is 5.65 Å². The number of hydrogen-bond acceptors (Lipinski definition) is 6. The van der Waals surface area contributed by atoms with Crippen molar-refractivity contribution in [1.29, 1.82) is 0 Å². The van der Waals surface area contributed by atoms with E-state index >= 15 is 0 Å². The van der Waals surface area contributed by atoms with Crippen LogP contribution in [0.15, 0.2) is 30.6 Å². The van der Waals surface area contributed by atoms with Gasteiger partial charge < -0.3 is 5.73 Å². The molecule has 96 valence electrons. The van der Waals surface area contributed by atoms with Gasteiger partial charge in [0.1, 0.15) is 16.7 Å². The Labute approximate surface area is 112 Å². The third-order valence-corrected chi connectivity index (χ3v) is 3.03. The summed E-state index contributed by atoms with van der Waals surface area (Å²) in [5.74, 6) is 0.736. The predicted octanol–water partition coefficient (Wildman–Crippen LogP) is 0.446. The number of aromatic nitrogens is 6. The lowest BCUT2D eigenvalue weighted by Crippen LogP contribution is -2.05. The van der Waals surface area contributed by atoms with Gasteiger partial charge in [-0.25, -0.2) is 15.0 Å². The van der Waals surface area contributed by atoms with Crippen LogP contribution in [0.5, 0.6) is 0 Å². The molecule has 4 aromatic heterocycles. The van der Waals surface area contributed by atoms with Gasteiger partial charge in [-0.3, -0.25) is 4.98 Å². The van der Waals surface area contributed by atoms with Gasteiger partial charge >= 0.3 is 0 Å². The van der Waals surface area contributed by atoms with Crippen molar-refractivity contribution in [2.75, 3.05) is 5.73 Å². The fourth-order valence-corrected chi connectivity index (χ4v) is 2.10. The maximum absolute atomic E-state index is 5.92. The van der Waals surface area contributed by atoms with E-state index in [0.717, 1.165) is 5.22 Å². The number of rotatable bonds is 1. The van der Waals surface area contributed by atoms with Crippen LogP contribution in [-0.4, -0.2) is 29.5 Å². The Hall–Kier alpha value is -3.09. The minimum atomic E-state index is 0.250. The van der Waals surface area contributed by atoms with Crippen molar-refractivity contribution in [3.63, 3.8) is 0 Å². The normalized spacial score (nSPS) is 11.4. The highest BCUT2D eigenvalue weighted by atomic mass is 15.4. The second-order valence-corrected chi connectivity index (χ2v) is 4.34. The van der Waals surface area contributed by atoms with Gasteiger partial charge in [-0.05, 0) is 12.1 Å². The van der Waals surface area contributed by atoms with Crippen LogP contribution >= 0.6 is 0 Å². The Morgan fingerprint density at radius 1 is 1.10 bits per heavy atom. The van der Waals surface area contributed by atoms with Crippen LogP contribution in [0.2, 0.25) is 0 Å². The fourth-order valence-electron chi connectivity index (χ4n) is 2.10. The van der Waals surface area contributed by atoms with Crippen LogP contribution < -0.4 is 11.0 Å². The highest BCUT2D eigenvalue weighted by molar-refractivity contribution is 5.90. The lowest BCUT2D eigenvalue weighted by atomic mass is 10.3. The molecule has 7 nitrogen and oxygen atoms in total. The molecule has 0 radical (unpaired) electrons. The SMILES string of the molecule is C=c1cnc2c1nc(N)n1nc(-c3ccccn3)nc21. The van der Waals surface area contributed by atoms with Crippen LogP contribution in [0.25, 0.3) is 34.8 Å². The zero-order valence-electron chi connectivity index (χ0n) is 10.4. The molecule has 0 aliphatic heterocycles. The number of fused-ring (bicyclic) bond motifs is 3. The molecule has 0 saturated heterocycles. The van der Waals surface area contributed by atoms with E-state index in [4.69, 9.17) is 5.73 Å². The molecular formula is C13H9N7. The molecule has 4 aromatic rings. The molecule has 0 aliphatic carbocycles. The number of nitrogens with zero attached hydrogens (tertiary/aromatic N) is 6. The summed E-state index contributed by atoms with van der Waals surface area (Å²) in [6.45, 7) is 3.87. The first-order valence-electron chi connectivity index (χ1n) is 5.95. The quantitative estimate of drug-likeness (QED) is 0.535. The van der Waals surface area contributed by atoms with Crippen LogP contribution in [0, 0.1) is 0 Å². The van der Waals surface area contributed by atoms with Gasteiger partial charge in [-0.2, -0.15) is 4.52 Å². The zero-order valence-corrected chi connectivity index (χ0v) is 10.4.